The Bertz CT molecular complexity index is 610. The van der Waals surface area contributed by atoms with Crippen LogP contribution in [0.5, 0.6) is 0 Å². The molecule has 0 radical (unpaired) electrons. The number of rotatable bonds is 11. The molecule has 1 aliphatic rings. The number of primary amides is 1. The van der Waals surface area contributed by atoms with Crippen molar-refractivity contribution in [1.82, 2.24) is 0 Å². The van der Waals surface area contributed by atoms with E-state index in [2.05, 4.69) is 0 Å². The second-order valence-corrected chi connectivity index (χ2v) is 7.25. The highest BCUT2D eigenvalue weighted by molar-refractivity contribution is 5.73. The second kappa shape index (κ2) is 11.1. The molecule has 1 amide bonds. The number of carbonyl (C=O) groups is 1. The number of aliphatic hydroxyl groups excluding tert-OH is 3. The highest BCUT2D eigenvalue weighted by Crippen LogP contribution is 2.36. The molecule has 27 heavy (non-hydrogen) atoms. The number of amides is 1. The Hall–Kier alpha value is -1.89. The summed E-state index contributed by atoms with van der Waals surface area (Å²) in [5, 5.41) is 30.6. The number of aryl methyl sites for hydroxylation is 1. The fourth-order valence-corrected chi connectivity index (χ4v) is 3.57. The van der Waals surface area contributed by atoms with Crippen LogP contribution in [0.25, 0.3) is 0 Å². The molecule has 150 valence electrons. The lowest BCUT2D eigenvalue weighted by Gasteiger charge is -2.19. The Morgan fingerprint density at radius 2 is 2.15 bits per heavy atom. The average molecular weight is 377 g/mol. The van der Waals surface area contributed by atoms with Crippen molar-refractivity contribution in [3.8, 4) is 0 Å². The topological polar surface area (TPSA) is 117 Å². The van der Waals surface area contributed by atoms with Crippen molar-refractivity contribution in [3.63, 3.8) is 0 Å². The van der Waals surface area contributed by atoms with Gasteiger partial charge in [0.25, 0.3) is 0 Å². The molecule has 6 nitrogen and oxygen atoms in total. The number of unbranched alkanes of at least 4 members (excludes halogenated alkanes) is 1. The normalized spacial score (nSPS) is 26.9. The van der Waals surface area contributed by atoms with E-state index < -0.39 is 18.3 Å². The van der Waals surface area contributed by atoms with Gasteiger partial charge in [-0.15, -0.1) is 0 Å². The van der Waals surface area contributed by atoms with E-state index in [1.807, 2.05) is 30.4 Å². The van der Waals surface area contributed by atoms with Gasteiger partial charge in [-0.05, 0) is 43.7 Å². The van der Waals surface area contributed by atoms with Crippen LogP contribution < -0.4 is 5.73 Å². The number of nitrogens with two attached hydrogens (primary N) is 1. The number of allylic oxidation sites excluding steroid dienone is 2. The van der Waals surface area contributed by atoms with Crippen LogP contribution in [-0.2, 0) is 11.2 Å². The summed E-state index contributed by atoms with van der Waals surface area (Å²) in [6, 6.07) is 3.69. The van der Waals surface area contributed by atoms with E-state index in [0.717, 1.165) is 12.2 Å². The first-order valence-electron chi connectivity index (χ1n) is 9.65. The summed E-state index contributed by atoms with van der Waals surface area (Å²) in [5.74, 6) is 0.265. The number of hydrogen-bond donors (Lipinski definition) is 4. The van der Waals surface area contributed by atoms with Crippen molar-refractivity contribution in [3.05, 3.63) is 48.5 Å². The average Bonchev–Trinajstić information content (AvgIpc) is 3.22. The van der Waals surface area contributed by atoms with Crippen molar-refractivity contribution < 1.29 is 24.5 Å². The van der Waals surface area contributed by atoms with E-state index in [9.17, 15) is 20.1 Å². The second-order valence-electron chi connectivity index (χ2n) is 7.25. The molecule has 1 heterocycles. The Morgan fingerprint density at radius 1 is 1.33 bits per heavy atom. The van der Waals surface area contributed by atoms with Crippen LogP contribution >= 0.6 is 0 Å². The van der Waals surface area contributed by atoms with Crippen molar-refractivity contribution >= 4 is 5.91 Å². The summed E-state index contributed by atoms with van der Waals surface area (Å²) >= 11 is 0. The molecule has 0 aliphatic heterocycles. The zero-order valence-corrected chi connectivity index (χ0v) is 15.6. The molecule has 1 aromatic rings. The van der Waals surface area contributed by atoms with Crippen LogP contribution in [0.15, 0.2) is 47.1 Å². The number of hydrogen-bond acceptors (Lipinski definition) is 5. The highest BCUT2D eigenvalue weighted by Gasteiger charge is 2.39. The lowest BCUT2D eigenvalue weighted by atomic mass is 9.89. The first-order valence-corrected chi connectivity index (χ1v) is 9.65. The minimum absolute atomic E-state index is 0.0825. The molecule has 2 rings (SSSR count). The summed E-state index contributed by atoms with van der Waals surface area (Å²) in [6.07, 6.45) is 11.4. The lowest BCUT2D eigenvalue weighted by molar-refractivity contribution is -0.118. The van der Waals surface area contributed by atoms with E-state index in [0.29, 0.717) is 38.5 Å². The van der Waals surface area contributed by atoms with Crippen molar-refractivity contribution in [2.24, 2.45) is 17.6 Å². The van der Waals surface area contributed by atoms with Gasteiger partial charge in [0.15, 0.2) is 0 Å². The molecule has 1 aliphatic carbocycles. The number of aliphatic hydroxyl groups is 3. The summed E-state index contributed by atoms with van der Waals surface area (Å²) in [4.78, 5) is 10.7. The van der Waals surface area contributed by atoms with E-state index >= 15 is 0 Å². The molecular weight excluding hydrogens is 346 g/mol. The van der Waals surface area contributed by atoms with Crippen LogP contribution in [-0.4, -0.2) is 39.5 Å². The maximum absolute atomic E-state index is 10.7. The highest BCUT2D eigenvalue weighted by atomic mass is 16.3. The fraction of sp³-hybridized carbons (Fsp3) is 0.571. The summed E-state index contributed by atoms with van der Waals surface area (Å²) < 4.78 is 5.25. The lowest BCUT2D eigenvalue weighted by Crippen LogP contribution is -2.20. The maximum Gasteiger partial charge on any atom is 0.217 e. The molecular formula is C21H31NO5. The molecule has 1 fully saturated rings. The van der Waals surface area contributed by atoms with Gasteiger partial charge in [-0.3, -0.25) is 4.79 Å². The Balaban J connectivity index is 1.81. The summed E-state index contributed by atoms with van der Waals surface area (Å²) in [5.41, 5.74) is 5.11. The molecule has 0 unspecified atom stereocenters. The molecule has 0 saturated heterocycles. The largest absolute Gasteiger partial charge is 0.469 e. The molecule has 1 saturated carbocycles. The van der Waals surface area contributed by atoms with E-state index in [1.54, 1.807) is 12.3 Å². The van der Waals surface area contributed by atoms with Gasteiger partial charge >= 0.3 is 0 Å². The smallest absolute Gasteiger partial charge is 0.217 e. The minimum Gasteiger partial charge on any atom is -0.469 e. The first-order chi connectivity index (χ1) is 13.0. The van der Waals surface area contributed by atoms with Gasteiger partial charge < -0.3 is 25.5 Å². The van der Waals surface area contributed by atoms with Gasteiger partial charge in [-0.25, -0.2) is 0 Å². The zero-order valence-electron chi connectivity index (χ0n) is 15.6. The van der Waals surface area contributed by atoms with E-state index in [-0.39, 0.29) is 17.7 Å². The molecule has 0 spiro atoms. The standard InChI is InChI=1S/C21H31NO5/c22-21(26)8-4-2-1-3-7-17-18(20(25)14-19(17)24)12-10-15(23)9-11-16-6-5-13-27-16/h1,3,5-6,10,12-13,15,17-20,23-25H,2,4,7-9,11,14H2,(H2,22,26)/t15-,17-,18-,19+,20+/m1/s1. The molecule has 6 heteroatoms. The maximum atomic E-state index is 10.7. The monoisotopic (exact) mass is 377 g/mol. The molecule has 0 bridgehead atoms. The van der Waals surface area contributed by atoms with Crippen LogP contribution in [0.3, 0.4) is 0 Å². The quantitative estimate of drug-likeness (QED) is 0.348. The summed E-state index contributed by atoms with van der Waals surface area (Å²) in [6.45, 7) is 0. The van der Waals surface area contributed by atoms with Crippen LogP contribution in [0.4, 0.5) is 0 Å². The molecule has 0 aromatic carbocycles. The van der Waals surface area contributed by atoms with Crippen LogP contribution in [0.2, 0.25) is 0 Å². The van der Waals surface area contributed by atoms with Gasteiger partial charge in [-0.1, -0.05) is 24.3 Å². The Kier molecular flexibility index (Phi) is 8.78. The van der Waals surface area contributed by atoms with Crippen molar-refractivity contribution in [1.29, 1.82) is 0 Å². The van der Waals surface area contributed by atoms with Gasteiger partial charge in [-0.2, -0.15) is 0 Å². The van der Waals surface area contributed by atoms with Gasteiger partial charge in [0.1, 0.15) is 5.76 Å². The SMILES string of the molecule is NC(=O)CCCC=CC[C@@H]1[C@@H](C=C[C@H](O)CCc2ccco2)[C@@H](O)C[C@@H]1O. The van der Waals surface area contributed by atoms with Crippen molar-refractivity contribution in [2.45, 2.75) is 63.3 Å². The van der Waals surface area contributed by atoms with Gasteiger partial charge in [0, 0.05) is 25.2 Å². The van der Waals surface area contributed by atoms with E-state index in [4.69, 9.17) is 10.2 Å². The van der Waals surface area contributed by atoms with Crippen molar-refractivity contribution in [2.75, 3.05) is 0 Å². The minimum atomic E-state index is -0.620. The Morgan fingerprint density at radius 3 is 2.85 bits per heavy atom. The fourth-order valence-electron chi connectivity index (χ4n) is 3.57. The summed E-state index contributed by atoms with van der Waals surface area (Å²) in [7, 11) is 0. The molecule has 5 N–H and O–H groups in total. The zero-order chi connectivity index (χ0) is 19.6. The van der Waals surface area contributed by atoms with Crippen LogP contribution in [0.1, 0.15) is 44.3 Å². The third-order valence-electron chi connectivity index (χ3n) is 5.11. The molecule has 5 atom stereocenters. The predicted molar refractivity (Wildman–Crippen MR) is 103 cm³/mol. The predicted octanol–water partition coefficient (Wildman–Crippen LogP) is 2.09. The number of furan rings is 1. The third kappa shape index (κ3) is 7.33. The Labute approximate surface area is 160 Å². The molecule has 1 aromatic heterocycles. The van der Waals surface area contributed by atoms with E-state index in [1.165, 1.54) is 0 Å². The van der Waals surface area contributed by atoms with Crippen LogP contribution in [0, 0.1) is 11.8 Å². The third-order valence-corrected chi connectivity index (χ3v) is 5.11. The first kappa shape index (κ1) is 21.4. The van der Waals surface area contributed by atoms with Gasteiger partial charge in [0.2, 0.25) is 5.91 Å². The van der Waals surface area contributed by atoms with Gasteiger partial charge in [0.05, 0.1) is 24.6 Å². The number of carbonyl (C=O) groups excluding carboxylic acids is 1.